The molecule has 4 rings (SSSR count). The lowest BCUT2D eigenvalue weighted by atomic mass is 9.90. The van der Waals surface area contributed by atoms with E-state index < -0.39 is 0 Å². The van der Waals surface area contributed by atoms with Gasteiger partial charge in [-0.2, -0.15) is 0 Å². The number of hydrogen-bond donors (Lipinski definition) is 0. The Kier molecular flexibility index (Phi) is 3.04. The fourth-order valence-corrected chi connectivity index (χ4v) is 4.58. The third-order valence-corrected chi connectivity index (χ3v) is 5.73. The molecule has 0 bridgehead atoms. The van der Waals surface area contributed by atoms with E-state index in [1.54, 1.807) is 33.4 Å². The molecule has 2 aliphatic rings. The quantitative estimate of drug-likeness (QED) is 0.581. The van der Waals surface area contributed by atoms with E-state index >= 15 is 0 Å². The first-order chi connectivity index (χ1) is 10.6. The van der Waals surface area contributed by atoms with Crippen LogP contribution in [-0.2, 0) is 12.8 Å². The first-order valence-electron chi connectivity index (χ1n) is 8.49. The summed E-state index contributed by atoms with van der Waals surface area (Å²) >= 11 is 0. The summed E-state index contributed by atoms with van der Waals surface area (Å²) in [5.41, 5.74) is 15.5. The van der Waals surface area contributed by atoms with Crippen LogP contribution in [0.2, 0.25) is 0 Å². The Labute approximate surface area is 133 Å². The third-order valence-electron chi connectivity index (χ3n) is 5.73. The first-order valence-corrected chi connectivity index (χ1v) is 8.49. The Hall–Kier alpha value is -1.82. The van der Waals surface area contributed by atoms with Crippen molar-refractivity contribution in [2.75, 3.05) is 0 Å². The molecule has 0 nitrogen and oxygen atoms in total. The van der Waals surface area contributed by atoms with Crippen LogP contribution in [0.3, 0.4) is 0 Å². The van der Waals surface area contributed by atoms with Gasteiger partial charge in [-0.25, -0.2) is 0 Å². The Balaban J connectivity index is 2.00. The zero-order valence-corrected chi connectivity index (χ0v) is 14.1. The molecule has 0 saturated carbocycles. The average molecular weight is 288 g/mol. The van der Waals surface area contributed by atoms with E-state index in [0.29, 0.717) is 0 Å². The van der Waals surface area contributed by atoms with Crippen molar-refractivity contribution in [2.45, 2.75) is 53.4 Å². The number of aryl methyl sites for hydroxylation is 4. The molecule has 0 aliphatic heterocycles. The summed E-state index contributed by atoms with van der Waals surface area (Å²) in [5, 5.41) is 0. The van der Waals surface area contributed by atoms with E-state index in [9.17, 15) is 0 Å². The molecule has 2 aromatic rings. The molecular weight excluding hydrogens is 264 g/mol. The Bertz CT molecular complexity index is 749. The molecule has 0 spiro atoms. The van der Waals surface area contributed by atoms with Crippen molar-refractivity contribution in [1.29, 1.82) is 0 Å². The van der Waals surface area contributed by atoms with Gasteiger partial charge in [-0.1, -0.05) is 24.3 Å². The van der Waals surface area contributed by atoms with Gasteiger partial charge in [0.25, 0.3) is 0 Å². The van der Waals surface area contributed by atoms with E-state index in [-0.39, 0.29) is 0 Å². The summed E-state index contributed by atoms with van der Waals surface area (Å²) in [7, 11) is 0. The Morgan fingerprint density at radius 2 is 0.864 bits per heavy atom. The highest BCUT2D eigenvalue weighted by molar-refractivity contribution is 5.97. The van der Waals surface area contributed by atoms with Crippen molar-refractivity contribution >= 4 is 11.1 Å². The largest absolute Gasteiger partial charge is 0.0587 e. The molecule has 0 radical (unpaired) electrons. The van der Waals surface area contributed by atoms with Gasteiger partial charge in [-0.3, -0.25) is 0 Å². The molecule has 2 aliphatic carbocycles. The maximum absolute atomic E-state index is 2.30. The zero-order valence-electron chi connectivity index (χ0n) is 14.1. The molecule has 0 unspecified atom stereocenters. The van der Waals surface area contributed by atoms with E-state index in [4.69, 9.17) is 0 Å². The standard InChI is InChI=1S/C22H24/c1-13-5-7-15(3)21-17(13)9-11-19(21)20-12-10-18-14(2)6-8-16(4)22(18)20/h5-8H,9-12H2,1-4H3/b20-19+. The van der Waals surface area contributed by atoms with Crippen molar-refractivity contribution in [3.8, 4) is 0 Å². The average Bonchev–Trinajstić information content (AvgIpc) is 3.11. The number of rotatable bonds is 0. The summed E-state index contributed by atoms with van der Waals surface area (Å²) in [5.74, 6) is 0. The van der Waals surface area contributed by atoms with E-state index in [0.717, 1.165) is 0 Å². The van der Waals surface area contributed by atoms with E-state index in [2.05, 4.69) is 52.0 Å². The summed E-state index contributed by atoms with van der Waals surface area (Å²) in [4.78, 5) is 0. The highest BCUT2D eigenvalue weighted by atomic mass is 14.3. The molecule has 22 heavy (non-hydrogen) atoms. The van der Waals surface area contributed by atoms with Crippen molar-refractivity contribution in [3.63, 3.8) is 0 Å². The van der Waals surface area contributed by atoms with Gasteiger partial charge < -0.3 is 0 Å². The van der Waals surface area contributed by atoms with Crippen LogP contribution in [0.4, 0.5) is 0 Å². The van der Waals surface area contributed by atoms with Gasteiger partial charge in [0.2, 0.25) is 0 Å². The van der Waals surface area contributed by atoms with Gasteiger partial charge in [0.1, 0.15) is 0 Å². The number of benzene rings is 2. The van der Waals surface area contributed by atoms with E-state index in [1.165, 1.54) is 47.9 Å². The number of fused-ring (bicyclic) bond motifs is 2. The predicted octanol–water partition coefficient (Wildman–Crippen LogP) is 5.72. The molecule has 0 amide bonds. The normalized spacial score (nSPS) is 19.5. The zero-order chi connectivity index (χ0) is 15.4. The molecule has 0 saturated heterocycles. The number of hydrogen-bond acceptors (Lipinski definition) is 0. The second-order valence-corrected chi connectivity index (χ2v) is 7.06. The van der Waals surface area contributed by atoms with Crippen LogP contribution < -0.4 is 0 Å². The maximum Gasteiger partial charge on any atom is -0.0157 e. The minimum atomic E-state index is 1.22. The van der Waals surface area contributed by atoms with Crippen LogP contribution in [0.25, 0.3) is 11.1 Å². The van der Waals surface area contributed by atoms with Crippen LogP contribution in [-0.4, -0.2) is 0 Å². The SMILES string of the molecule is Cc1ccc(C)c2c1CC/C2=C1/CCc2c(C)ccc(C)c21. The van der Waals surface area contributed by atoms with Gasteiger partial charge in [-0.05, 0) is 109 Å². The fraction of sp³-hybridized carbons (Fsp3) is 0.364. The highest BCUT2D eigenvalue weighted by Crippen LogP contribution is 2.47. The topological polar surface area (TPSA) is 0 Å². The minimum Gasteiger partial charge on any atom is -0.0587 e. The highest BCUT2D eigenvalue weighted by Gasteiger charge is 2.28. The molecule has 0 aromatic heterocycles. The van der Waals surface area contributed by atoms with Gasteiger partial charge in [0.15, 0.2) is 0 Å². The summed E-state index contributed by atoms with van der Waals surface area (Å²) in [6.45, 7) is 9.10. The Morgan fingerprint density at radius 3 is 1.27 bits per heavy atom. The van der Waals surface area contributed by atoms with Crippen molar-refractivity contribution in [1.82, 2.24) is 0 Å². The van der Waals surface area contributed by atoms with Gasteiger partial charge >= 0.3 is 0 Å². The van der Waals surface area contributed by atoms with Crippen molar-refractivity contribution < 1.29 is 0 Å². The summed E-state index contributed by atoms with van der Waals surface area (Å²) in [6.07, 6.45) is 4.90. The summed E-state index contributed by atoms with van der Waals surface area (Å²) < 4.78 is 0. The van der Waals surface area contributed by atoms with Gasteiger partial charge in [0, 0.05) is 0 Å². The molecule has 0 atom stereocenters. The fourth-order valence-electron chi connectivity index (χ4n) is 4.58. The second kappa shape index (κ2) is 4.84. The Morgan fingerprint density at radius 1 is 0.500 bits per heavy atom. The molecule has 0 heterocycles. The lowest BCUT2D eigenvalue weighted by Gasteiger charge is -2.14. The van der Waals surface area contributed by atoms with Gasteiger partial charge in [0.05, 0.1) is 0 Å². The van der Waals surface area contributed by atoms with E-state index in [1.807, 2.05) is 0 Å². The molecular formula is C22H24. The molecule has 112 valence electrons. The third kappa shape index (κ3) is 1.83. The smallest absolute Gasteiger partial charge is 0.0157 e. The van der Waals surface area contributed by atoms with Crippen LogP contribution >= 0.6 is 0 Å². The molecule has 0 N–H and O–H groups in total. The monoisotopic (exact) mass is 288 g/mol. The minimum absolute atomic E-state index is 1.22. The molecule has 0 heteroatoms. The van der Waals surface area contributed by atoms with Crippen LogP contribution in [0.1, 0.15) is 57.3 Å². The van der Waals surface area contributed by atoms with Crippen LogP contribution in [0.5, 0.6) is 0 Å². The first kappa shape index (κ1) is 13.8. The second-order valence-electron chi connectivity index (χ2n) is 7.06. The lowest BCUT2D eigenvalue weighted by molar-refractivity contribution is 1.05. The van der Waals surface area contributed by atoms with Gasteiger partial charge in [-0.15, -0.1) is 0 Å². The predicted molar refractivity (Wildman–Crippen MR) is 95.3 cm³/mol. The maximum atomic E-state index is 2.30. The van der Waals surface area contributed by atoms with Crippen molar-refractivity contribution in [3.05, 3.63) is 68.8 Å². The molecule has 2 aromatic carbocycles. The number of allylic oxidation sites excluding steroid dienone is 2. The summed E-state index contributed by atoms with van der Waals surface area (Å²) in [6, 6.07) is 9.19. The van der Waals surface area contributed by atoms with Crippen LogP contribution in [0, 0.1) is 27.7 Å². The lowest BCUT2D eigenvalue weighted by Crippen LogP contribution is -1.94. The van der Waals surface area contributed by atoms with Crippen LogP contribution in [0.15, 0.2) is 24.3 Å². The van der Waals surface area contributed by atoms with Crippen molar-refractivity contribution in [2.24, 2.45) is 0 Å². The molecule has 0 fully saturated rings.